The standard InChI is InChI=1S/C15H22ClN3O.ClH/c1-11-9-12(16)3-4-14(11)18-15(20)10-19-7-5-13(17-2)6-8-19;/h3-4,9,13,17H,5-8,10H2,1-2H3,(H,18,20);1H. The minimum atomic E-state index is 0. The van der Waals surface area contributed by atoms with Gasteiger partial charge < -0.3 is 10.6 Å². The number of hydrogen-bond donors (Lipinski definition) is 2. The molecule has 2 N–H and O–H groups in total. The van der Waals surface area contributed by atoms with Crippen molar-refractivity contribution in [2.24, 2.45) is 0 Å². The SMILES string of the molecule is CNC1CCN(CC(=O)Nc2ccc(Cl)cc2C)CC1.Cl. The van der Waals surface area contributed by atoms with E-state index in [0.29, 0.717) is 17.6 Å². The Morgan fingerprint density at radius 3 is 2.62 bits per heavy atom. The van der Waals surface area contributed by atoms with Gasteiger partial charge in [-0.15, -0.1) is 12.4 Å². The zero-order valence-electron chi connectivity index (χ0n) is 12.5. The van der Waals surface area contributed by atoms with Crippen molar-refractivity contribution in [2.45, 2.75) is 25.8 Å². The van der Waals surface area contributed by atoms with Gasteiger partial charge in [-0.05, 0) is 50.6 Å². The van der Waals surface area contributed by atoms with E-state index in [0.717, 1.165) is 37.2 Å². The van der Waals surface area contributed by atoms with Crippen molar-refractivity contribution < 1.29 is 4.79 Å². The number of piperidine rings is 1. The summed E-state index contributed by atoms with van der Waals surface area (Å²) in [6.45, 7) is 4.34. The Balaban J connectivity index is 0.00000220. The van der Waals surface area contributed by atoms with Crippen LogP contribution < -0.4 is 10.6 Å². The van der Waals surface area contributed by atoms with Gasteiger partial charge in [0.05, 0.1) is 6.54 Å². The van der Waals surface area contributed by atoms with Crippen LogP contribution in [0.15, 0.2) is 18.2 Å². The first-order valence-corrected chi connectivity index (χ1v) is 7.42. The fourth-order valence-corrected chi connectivity index (χ4v) is 2.77. The summed E-state index contributed by atoms with van der Waals surface area (Å²) in [5.41, 5.74) is 1.82. The van der Waals surface area contributed by atoms with Gasteiger partial charge in [-0.25, -0.2) is 0 Å². The largest absolute Gasteiger partial charge is 0.325 e. The van der Waals surface area contributed by atoms with Gasteiger partial charge >= 0.3 is 0 Å². The number of carbonyl (C=O) groups excluding carboxylic acids is 1. The smallest absolute Gasteiger partial charge is 0.238 e. The third kappa shape index (κ3) is 5.47. The van der Waals surface area contributed by atoms with E-state index in [-0.39, 0.29) is 18.3 Å². The van der Waals surface area contributed by atoms with Crippen molar-refractivity contribution in [3.63, 3.8) is 0 Å². The molecular formula is C15H23Cl2N3O. The molecule has 0 spiro atoms. The maximum absolute atomic E-state index is 12.1. The van der Waals surface area contributed by atoms with Crippen LogP contribution in [0.1, 0.15) is 18.4 Å². The number of likely N-dealkylation sites (tertiary alicyclic amines) is 1. The lowest BCUT2D eigenvalue weighted by Gasteiger charge is -2.31. The molecule has 1 aliphatic rings. The van der Waals surface area contributed by atoms with Crippen LogP contribution in [-0.4, -0.2) is 43.5 Å². The van der Waals surface area contributed by atoms with Crippen LogP contribution in [-0.2, 0) is 4.79 Å². The van der Waals surface area contributed by atoms with Crippen LogP contribution in [0.2, 0.25) is 5.02 Å². The van der Waals surface area contributed by atoms with E-state index in [1.807, 2.05) is 26.1 Å². The zero-order valence-corrected chi connectivity index (χ0v) is 14.1. The molecule has 1 fully saturated rings. The zero-order chi connectivity index (χ0) is 14.5. The molecule has 6 heteroatoms. The van der Waals surface area contributed by atoms with Crippen molar-refractivity contribution >= 4 is 35.6 Å². The van der Waals surface area contributed by atoms with Gasteiger partial charge in [0.1, 0.15) is 0 Å². The topological polar surface area (TPSA) is 44.4 Å². The van der Waals surface area contributed by atoms with Gasteiger partial charge in [-0.3, -0.25) is 9.69 Å². The molecule has 4 nitrogen and oxygen atoms in total. The summed E-state index contributed by atoms with van der Waals surface area (Å²) in [4.78, 5) is 14.3. The first kappa shape index (κ1) is 18.2. The lowest BCUT2D eigenvalue weighted by atomic mass is 10.1. The average molecular weight is 332 g/mol. The van der Waals surface area contributed by atoms with E-state index in [2.05, 4.69) is 15.5 Å². The number of hydrogen-bond acceptors (Lipinski definition) is 3. The third-order valence-corrected chi connectivity index (χ3v) is 4.06. The molecule has 1 aromatic carbocycles. The number of halogens is 2. The van der Waals surface area contributed by atoms with Gasteiger partial charge in [-0.1, -0.05) is 11.6 Å². The summed E-state index contributed by atoms with van der Waals surface area (Å²) < 4.78 is 0. The number of carbonyl (C=O) groups is 1. The van der Waals surface area contributed by atoms with Crippen LogP contribution >= 0.6 is 24.0 Å². The highest BCUT2D eigenvalue weighted by atomic mass is 35.5. The number of aryl methyl sites for hydroxylation is 1. The molecule has 0 aromatic heterocycles. The lowest BCUT2D eigenvalue weighted by Crippen LogP contribution is -2.44. The molecule has 2 rings (SSSR count). The Bertz CT molecular complexity index is 474. The van der Waals surface area contributed by atoms with E-state index in [9.17, 15) is 4.79 Å². The Labute approximate surface area is 137 Å². The van der Waals surface area contributed by atoms with Crippen molar-refractivity contribution in [3.8, 4) is 0 Å². The second-order valence-electron chi connectivity index (χ2n) is 5.35. The number of nitrogens with one attached hydrogen (secondary N) is 2. The molecule has 0 unspecified atom stereocenters. The summed E-state index contributed by atoms with van der Waals surface area (Å²) in [5.74, 6) is 0.0401. The second-order valence-corrected chi connectivity index (χ2v) is 5.78. The Morgan fingerprint density at radius 2 is 2.05 bits per heavy atom. The number of anilines is 1. The fraction of sp³-hybridized carbons (Fsp3) is 0.533. The lowest BCUT2D eigenvalue weighted by molar-refractivity contribution is -0.117. The van der Waals surface area contributed by atoms with E-state index >= 15 is 0 Å². The predicted octanol–water partition coefficient (Wildman–Crippen LogP) is 2.69. The molecule has 1 amide bonds. The van der Waals surface area contributed by atoms with E-state index in [1.165, 1.54) is 0 Å². The summed E-state index contributed by atoms with van der Waals surface area (Å²) in [5, 5.41) is 6.94. The van der Waals surface area contributed by atoms with Crippen LogP contribution in [0, 0.1) is 6.92 Å². The molecule has 0 radical (unpaired) electrons. The molecule has 21 heavy (non-hydrogen) atoms. The highest BCUT2D eigenvalue weighted by Crippen LogP contribution is 2.19. The second kappa shape index (κ2) is 8.59. The molecule has 0 aliphatic carbocycles. The minimum absolute atomic E-state index is 0. The number of benzene rings is 1. The Hall–Kier alpha value is -0.810. The first-order valence-electron chi connectivity index (χ1n) is 7.04. The average Bonchev–Trinajstić information content (AvgIpc) is 2.43. The van der Waals surface area contributed by atoms with Gasteiger partial charge in [0.15, 0.2) is 0 Å². The monoisotopic (exact) mass is 331 g/mol. The van der Waals surface area contributed by atoms with Crippen LogP contribution in [0.4, 0.5) is 5.69 Å². The summed E-state index contributed by atoms with van der Waals surface area (Å²) in [6.07, 6.45) is 2.20. The highest BCUT2D eigenvalue weighted by Gasteiger charge is 2.19. The van der Waals surface area contributed by atoms with Crippen LogP contribution in [0.5, 0.6) is 0 Å². The van der Waals surface area contributed by atoms with E-state index in [4.69, 9.17) is 11.6 Å². The maximum atomic E-state index is 12.1. The van der Waals surface area contributed by atoms with E-state index in [1.54, 1.807) is 6.07 Å². The molecule has 0 atom stereocenters. The number of rotatable bonds is 4. The van der Waals surface area contributed by atoms with Gasteiger partial charge in [0.25, 0.3) is 0 Å². The highest BCUT2D eigenvalue weighted by molar-refractivity contribution is 6.30. The molecule has 118 valence electrons. The first-order chi connectivity index (χ1) is 9.58. The van der Waals surface area contributed by atoms with Gasteiger partial charge in [0.2, 0.25) is 5.91 Å². The van der Waals surface area contributed by atoms with Crippen molar-refractivity contribution in [3.05, 3.63) is 28.8 Å². The molecule has 0 saturated carbocycles. The molecule has 1 heterocycles. The molecule has 1 aliphatic heterocycles. The summed E-state index contributed by atoms with van der Waals surface area (Å²) in [6, 6.07) is 6.09. The molecule has 0 bridgehead atoms. The van der Waals surface area contributed by atoms with Gasteiger partial charge in [0, 0.05) is 29.8 Å². The Kier molecular flexibility index (Phi) is 7.46. The van der Waals surface area contributed by atoms with Crippen molar-refractivity contribution in [1.29, 1.82) is 0 Å². The van der Waals surface area contributed by atoms with Crippen molar-refractivity contribution in [2.75, 3.05) is 32.0 Å². The normalized spacial score (nSPS) is 16.3. The maximum Gasteiger partial charge on any atom is 0.238 e. The number of nitrogens with zero attached hydrogens (tertiary/aromatic N) is 1. The number of amides is 1. The summed E-state index contributed by atoms with van der Waals surface area (Å²) >= 11 is 5.91. The summed E-state index contributed by atoms with van der Waals surface area (Å²) in [7, 11) is 2.00. The molecule has 1 aromatic rings. The third-order valence-electron chi connectivity index (χ3n) is 3.83. The van der Waals surface area contributed by atoms with Crippen molar-refractivity contribution in [1.82, 2.24) is 10.2 Å². The molecule has 1 saturated heterocycles. The quantitative estimate of drug-likeness (QED) is 0.891. The minimum Gasteiger partial charge on any atom is -0.325 e. The van der Waals surface area contributed by atoms with Crippen LogP contribution in [0.25, 0.3) is 0 Å². The fourth-order valence-electron chi connectivity index (χ4n) is 2.54. The molecular weight excluding hydrogens is 309 g/mol. The van der Waals surface area contributed by atoms with Gasteiger partial charge in [-0.2, -0.15) is 0 Å². The Morgan fingerprint density at radius 1 is 1.38 bits per heavy atom. The van der Waals surface area contributed by atoms with Crippen LogP contribution in [0.3, 0.4) is 0 Å². The van der Waals surface area contributed by atoms with E-state index < -0.39 is 0 Å². The predicted molar refractivity (Wildman–Crippen MR) is 90.6 cm³/mol.